The van der Waals surface area contributed by atoms with Crippen LogP contribution in [0.4, 0.5) is 4.79 Å². The van der Waals surface area contributed by atoms with E-state index in [4.69, 9.17) is 5.11 Å². The Labute approximate surface area is 116 Å². The molecule has 1 aliphatic rings. The zero-order valence-electron chi connectivity index (χ0n) is 11.0. The molecule has 108 valence electrons. The van der Waals surface area contributed by atoms with Gasteiger partial charge in [0.2, 0.25) is 5.91 Å². The van der Waals surface area contributed by atoms with Gasteiger partial charge in [-0.1, -0.05) is 12.8 Å². The summed E-state index contributed by atoms with van der Waals surface area (Å²) in [5.41, 5.74) is 0. The summed E-state index contributed by atoms with van der Waals surface area (Å²) in [6, 6.07) is -0.546. The van der Waals surface area contributed by atoms with E-state index in [9.17, 15) is 14.4 Å². The highest BCUT2D eigenvalue weighted by Crippen LogP contribution is 2.39. The van der Waals surface area contributed by atoms with Crippen LogP contribution in [0.3, 0.4) is 0 Å². The largest absolute Gasteiger partial charge is 0.481 e. The van der Waals surface area contributed by atoms with E-state index in [0.29, 0.717) is 6.54 Å². The lowest BCUT2D eigenvalue weighted by Gasteiger charge is -2.26. The lowest BCUT2D eigenvalue weighted by molar-refractivity contribution is -0.138. The van der Waals surface area contributed by atoms with E-state index in [2.05, 4.69) is 10.6 Å². The Balaban J connectivity index is 2.27. The van der Waals surface area contributed by atoms with Crippen molar-refractivity contribution in [1.29, 1.82) is 0 Å². The van der Waals surface area contributed by atoms with Gasteiger partial charge in [0.05, 0.1) is 6.42 Å². The third-order valence-corrected chi connectivity index (χ3v) is 4.76. The molecule has 0 spiro atoms. The first-order valence-corrected chi connectivity index (χ1v) is 7.54. The molecule has 0 atom stereocenters. The molecule has 0 aromatic rings. The minimum absolute atomic E-state index is 0.0848. The van der Waals surface area contributed by atoms with Gasteiger partial charge >= 0.3 is 12.0 Å². The highest BCUT2D eigenvalue weighted by molar-refractivity contribution is 8.00. The number of aliphatic carboxylic acids is 1. The SMILES string of the molecule is CSC1(CNC(=O)NC(=O)CCC(=O)O)CCCC1. The van der Waals surface area contributed by atoms with Crippen LogP contribution in [0.25, 0.3) is 0 Å². The van der Waals surface area contributed by atoms with Crippen molar-refractivity contribution >= 4 is 29.7 Å². The van der Waals surface area contributed by atoms with E-state index < -0.39 is 17.9 Å². The molecular weight excluding hydrogens is 268 g/mol. The summed E-state index contributed by atoms with van der Waals surface area (Å²) in [4.78, 5) is 33.1. The second-order valence-corrected chi connectivity index (χ2v) is 5.99. The molecule has 1 aliphatic carbocycles. The number of imide groups is 1. The summed E-state index contributed by atoms with van der Waals surface area (Å²) in [6.07, 6.45) is 6.05. The molecule has 0 radical (unpaired) electrons. The zero-order chi connectivity index (χ0) is 14.3. The summed E-state index contributed by atoms with van der Waals surface area (Å²) in [6.45, 7) is 0.534. The maximum atomic E-state index is 11.5. The monoisotopic (exact) mass is 288 g/mol. The second-order valence-electron chi connectivity index (χ2n) is 4.72. The van der Waals surface area contributed by atoms with Crippen molar-refractivity contribution in [3.05, 3.63) is 0 Å². The molecule has 3 amide bonds. The Morgan fingerprint density at radius 2 is 1.84 bits per heavy atom. The predicted octanol–water partition coefficient (Wildman–Crippen LogP) is 1.35. The molecule has 1 saturated carbocycles. The van der Waals surface area contributed by atoms with E-state index in [1.54, 1.807) is 11.8 Å². The number of carbonyl (C=O) groups excluding carboxylic acids is 2. The van der Waals surface area contributed by atoms with Crippen LogP contribution in [0, 0.1) is 0 Å². The van der Waals surface area contributed by atoms with Crippen molar-refractivity contribution in [1.82, 2.24) is 10.6 Å². The maximum Gasteiger partial charge on any atom is 0.321 e. The number of hydrogen-bond donors (Lipinski definition) is 3. The molecule has 0 aromatic carbocycles. The normalized spacial score (nSPS) is 16.9. The minimum Gasteiger partial charge on any atom is -0.481 e. The molecule has 0 unspecified atom stereocenters. The molecular formula is C12H20N2O4S. The first-order chi connectivity index (χ1) is 8.97. The van der Waals surface area contributed by atoms with Crippen LogP contribution in [-0.4, -0.2) is 40.6 Å². The number of urea groups is 1. The minimum atomic E-state index is -1.05. The fourth-order valence-corrected chi connectivity index (χ4v) is 3.08. The highest BCUT2D eigenvalue weighted by Gasteiger charge is 2.33. The van der Waals surface area contributed by atoms with Crippen LogP contribution in [0.1, 0.15) is 38.5 Å². The summed E-state index contributed by atoms with van der Waals surface area (Å²) in [5, 5.41) is 13.3. The number of hydrogen-bond acceptors (Lipinski definition) is 4. The van der Waals surface area contributed by atoms with E-state index in [-0.39, 0.29) is 17.6 Å². The number of rotatable bonds is 6. The Morgan fingerprint density at radius 3 is 2.37 bits per heavy atom. The average molecular weight is 288 g/mol. The first-order valence-electron chi connectivity index (χ1n) is 6.32. The molecule has 1 fully saturated rings. The molecule has 19 heavy (non-hydrogen) atoms. The van der Waals surface area contributed by atoms with Gasteiger partial charge in [-0.2, -0.15) is 11.8 Å². The van der Waals surface area contributed by atoms with Crippen molar-refractivity contribution in [2.75, 3.05) is 12.8 Å². The van der Waals surface area contributed by atoms with E-state index >= 15 is 0 Å². The molecule has 1 rings (SSSR count). The Kier molecular flexibility index (Phi) is 6.14. The standard InChI is InChI=1S/C12H20N2O4S/c1-19-12(6-2-3-7-12)8-13-11(18)14-9(15)4-5-10(16)17/h2-8H2,1H3,(H,16,17)(H2,13,14,15,18). The smallest absolute Gasteiger partial charge is 0.321 e. The van der Waals surface area contributed by atoms with Crippen LogP contribution >= 0.6 is 11.8 Å². The summed E-state index contributed by atoms with van der Waals surface area (Å²) >= 11 is 1.75. The lowest BCUT2D eigenvalue weighted by Crippen LogP contribution is -2.45. The molecule has 0 heterocycles. The third-order valence-electron chi connectivity index (χ3n) is 3.34. The predicted molar refractivity (Wildman–Crippen MR) is 73.1 cm³/mol. The van der Waals surface area contributed by atoms with Crippen LogP contribution in [-0.2, 0) is 9.59 Å². The average Bonchev–Trinajstić information content (AvgIpc) is 2.83. The molecule has 6 nitrogen and oxygen atoms in total. The van der Waals surface area contributed by atoms with Gasteiger partial charge in [-0.15, -0.1) is 0 Å². The molecule has 3 N–H and O–H groups in total. The van der Waals surface area contributed by atoms with Crippen LogP contribution in [0.5, 0.6) is 0 Å². The number of carboxylic acids is 1. The first kappa shape index (κ1) is 15.8. The topological polar surface area (TPSA) is 95.5 Å². The molecule has 7 heteroatoms. The summed E-state index contributed by atoms with van der Waals surface area (Å²) < 4.78 is 0.0848. The lowest BCUT2D eigenvalue weighted by atomic mass is 10.1. The molecule has 0 bridgehead atoms. The van der Waals surface area contributed by atoms with E-state index in [0.717, 1.165) is 12.8 Å². The van der Waals surface area contributed by atoms with Crippen LogP contribution in [0.15, 0.2) is 0 Å². The van der Waals surface area contributed by atoms with Crippen molar-refractivity contribution in [3.63, 3.8) is 0 Å². The molecule has 0 aliphatic heterocycles. The van der Waals surface area contributed by atoms with Gasteiger partial charge in [0.25, 0.3) is 0 Å². The van der Waals surface area contributed by atoms with Crippen LogP contribution < -0.4 is 10.6 Å². The number of nitrogens with one attached hydrogen (secondary N) is 2. The number of carboxylic acid groups (broad SMARTS) is 1. The number of amides is 3. The number of thioether (sulfide) groups is 1. The fourth-order valence-electron chi connectivity index (χ4n) is 2.17. The van der Waals surface area contributed by atoms with E-state index in [1.807, 2.05) is 6.26 Å². The second kappa shape index (κ2) is 7.37. The van der Waals surface area contributed by atoms with Gasteiger partial charge in [0.15, 0.2) is 0 Å². The van der Waals surface area contributed by atoms with Gasteiger partial charge in [-0.25, -0.2) is 4.79 Å². The van der Waals surface area contributed by atoms with Crippen molar-refractivity contribution in [2.45, 2.75) is 43.3 Å². The van der Waals surface area contributed by atoms with Gasteiger partial charge < -0.3 is 10.4 Å². The van der Waals surface area contributed by atoms with Crippen molar-refractivity contribution < 1.29 is 19.5 Å². The quantitative estimate of drug-likeness (QED) is 0.685. The Morgan fingerprint density at radius 1 is 1.21 bits per heavy atom. The highest BCUT2D eigenvalue weighted by atomic mass is 32.2. The van der Waals surface area contributed by atoms with Gasteiger partial charge in [-0.05, 0) is 19.1 Å². The third kappa shape index (κ3) is 5.50. The van der Waals surface area contributed by atoms with Gasteiger partial charge in [0, 0.05) is 17.7 Å². The molecule has 0 aromatic heterocycles. The Bertz CT molecular complexity index is 354. The van der Waals surface area contributed by atoms with Crippen molar-refractivity contribution in [2.24, 2.45) is 0 Å². The van der Waals surface area contributed by atoms with Gasteiger partial charge in [-0.3, -0.25) is 14.9 Å². The Hall–Kier alpha value is -1.24. The maximum absolute atomic E-state index is 11.5. The zero-order valence-corrected chi connectivity index (χ0v) is 11.8. The summed E-state index contributed by atoms with van der Waals surface area (Å²) in [7, 11) is 0. The van der Waals surface area contributed by atoms with Crippen molar-refractivity contribution in [3.8, 4) is 0 Å². The fraction of sp³-hybridized carbons (Fsp3) is 0.750. The molecule has 0 saturated heterocycles. The number of carbonyl (C=O) groups is 3. The van der Waals surface area contributed by atoms with Gasteiger partial charge in [0.1, 0.15) is 0 Å². The summed E-state index contributed by atoms with van der Waals surface area (Å²) in [5.74, 6) is -1.62. The van der Waals surface area contributed by atoms with E-state index in [1.165, 1.54) is 12.8 Å². The van der Waals surface area contributed by atoms with Crippen LogP contribution in [0.2, 0.25) is 0 Å².